The van der Waals surface area contributed by atoms with Gasteiger partial charge in [0, 0.05) is 31.0 Å². The number of rotatable bonds is 8. The van der Waals surface area contributed by atoms with Crippen molar-refractivity contribution in [1.82, 2.24) is 14.5 Å². The van der Waals surface area contributed by atoms with E-state index in [1.807, 2.05) is 30.3 Å². The quantitative estimate of drug-likeness (QED) is 0.674. The highest BCUT2D eigenvalue weighted by Crippen LogP contribution is 2.21. The fourth-order valence-corrected chi connectivity index (χ4v) is 5.07. The Morgan fingerprint density at radius 1 is 1.07 bits per heavy atom. The van der Waals surface area contributed by atoms with Gasteiger partial charge in [-0.1, -0.05) is 30.3 Å². The van der Waals surface area contributed by atoms with Gasteiger partial charge < -0.3 is 10.2 Å². The van der Waals surface area contributed by atoms with Crippen LogP contribution in [-0.2, 0) is 14.8 Å². The molecule has 2 fully saturated rings. The van der Waals surface area contributed by atoms with Gasteiger partial charge in [0.15, 0.2) is 0 Å². The molecule has 3 rings (SSSR count). The fraction of sp³-hybridized carbons (Fsp3) is 0.571. The number of nitrogens with zero attached hydrogens (tertiary/aromatic N) is 2. The maximum atomic E-state index is 12.5. The lowest BCUT2D eigenvalue weighted by atomic mass is 9.97. The molecular formula is C21H31N3O3S. The van der Waals surface area contributed by atoms with Crippen molar-refractivity contribution in [3.05, 3.63) is 41.3 Å². The lowest BCUT2D eigenvalue weighted by molar-refractivity contribution is -0.126. The minimum Gasteiger partial charge on any atom is -0.356 e. The number of benzene rings is 1. The molecule has 7 heteroatoms. The SMILES string of the molecule is O=C(NCCCN1CCCC1)C1CCN(S(=O)(=O)/C=C/c2ccccc2)CC1. The van der Waals surface area contributed by atoms with E-state index in [-0.39, 0.29) is 11.8 Å². The molecule has 6 nitrogen and oxygen atoms in total. The molecule has 1 amide bonds. The molecule has 2 heterocycles. The van der Waals surface area contributed by atoms with E-state index in [0.717, 1.165) is 18.5 Å². The van der Waals surface area contributed by atoms with Gasteiger partial charge in [0.05, 0.1) is 0 Å². The zero-order valence-corrected chi connectivity index (χ0v) is 17.2. The van der Waals surface area contributed by atoms with E-state index < -0.39 is 10.0 Å². The maximum Gasteiger partial charge on any atom is 0.236 e. The van der Waals surface area contributed by atoms with E-state index >= 15 is 0 Å². The summed E-state index contributed by atoms with van der Waals surface area (Å²) >= 11 is 0. The van der Waals surface area contributed by atoms with Gasteiger partial charge >= 0.3 is 0 Å². The highest BCUT2D eigenvalue weighted by atomic mass is 32.2. The summed E-state index contributed by atoms with van der Waals surface area (Å²) < 4.78 is 26.5. The monoisotopic (exact) mass is 405 g/mol. The molecule has 0 unspecified atom stereocenters. The van der Waals surface area contributed by atoms with E-state index in [1.165, 1.54) is 35.6 Å². The Kier molecular flexibility index (Phi) is 7.65. The number of carbonyl (C=O) groups is 1. The zero-order chi connectivity index (χ0) is 19.8. The largest absolute Gasteiger partial charge is 0.356 e. The number of nitrogens with one attached hydrogen (secondary N) is 1. The Morgan fingerprint density at radius 3 is 2.43 bits per heavy atom. The molecule has 2 saturated heterocycles. The third-order valence-electron chi connectivity index (χ3n) is 5.57. The zero-order valence-electron chi connectivity index (χ0n) is 16.4. The number of hydrogen-bond donors (Lipinski definition) is 1. The van der Waals surface area contributed by atoms with E-state index in [1.54, 1.807) is 6.08 Å². The van der Waals surface area contributed by atoms with Crippen LogP contribution in [0.3, 0.4) is 0 Å². The van der Waals surface area contributed by atoms with Crippen molar-refractivity contribution in [2.24, 2.45) is 5.92 Å². The summed E-state index contributed by atoms with van der Waals surface area (Å²) in [6.45, 7) is 4.90. The first kappa shape index (κ1) is 21.0. The van der Waals surface area contributed by atoms with Crippen molar-refractivity contribution < 1.29 is 13.2 Å². The molecule has 28 heavy (non-hydrogen) atoms. The molecule has 1 aromatic rings. The summed E-state index contributed by atoms with van der Waals surface area (Å²) in [6.07, 6.45) is 6.33. The van der Waals surface area contributed by atoms with Gasteiger partial charge in [0.25, 0.3) is 0 Å². The Hall–Kier alpha value is -1.70. The van der Waals surface area contributed by atoms with Gasteiger partial charge in [-0.3, -0.25) is 4.79 Å². The second-order valence-corrected chi connectivity index (χ2v) is 9.44. The minimum atomic E-state index is -3.45. The molecule has 154 valence electrons. The van der Waals surface area contributed by atoms with Crippen LogP contribution >= 0.6 is 0 Å². The minimum absolute atomic E-state index is 0.0679. The number of amides is 1. The van der Waals surface area contributed by atoms with Gasteiger partial charge in [-0.05, 0) is 63.4 Å². The second-order valence-electron chi connectivity index (χ2n) is 7.63. The first-order chi connectivity index (χ1) is 13.5. The van der Waals surface area contributed by atoms with Crippen molar-refractivity contribution in [1.29, 1.82) is 0 Å². The van der Waals surface area contributed by atoms with Crippen LogP contribution in [-0.4, -0.2) is 62.8 Å². The van der Waals surface area contributed by atoms with Gasteiger partial charge in [-0.25, -0.2) is 8.42 Å². The van der Waals surface area contributed by atoms with Gasteiger partial charge in [-0.15, -0.1) is 0 Å². The Balaban J connectivity index is 1.39. The molecule has 0 atom stereocenters. The number of piperidine rings is 1. The fourth-order valence-electron chi connectivity index (χ4n) is 3.85. The molecule has 1 aromatic carbocycles. The van der Waals surface area contributed by atoms with Crippen LogP contribution in [0.5, 0.6) is 0 Å². The molecule has 0 bridgehead atoms. The summed E-state index contributed by atoms with van der Waals surface area (Å²) in [5.41, 5.74) is 0.856. The third kappa shape index (κ3) is 6.15. The molecule has 0 aliphatic carbocycles. The first-order valence-corrected chi connectivity index (χ1v) is 11.8. The number of hydrogen-bond acceptors (Lipinski definition) is 4. The van der Waals surface area contributed by atoms with Crippen LogP contribution in [0.1, 0.15) is 37.7 Å². The van der Waals surface area contributed by atoms with Crippen LogP contribution in [0, 0.1) is 5.92 Å². The predicted molar refractivity (Wildman–Crippen MR) is 112 cm³/mol. The summed E-state index contributed by atoms with van der Waals surface area (Å²) in [5, 5.41) is 4.29. The topological polar surface area (TPSA) is 69.7 Å². The molecule has 0 radical (unpaired) electrons. The van der Waals surface area contributed by atoms with Gasteiger partial charge in [0.2, 0.25) is 15.9 Å². The Morgan fingerprint density at radius 2 is 1.75 bits per heavy atom. The summed E-state index contributed by atoms with van der Waals surface area (Å²) in [6, 6.07) is 9.38. The van der Waals surface area contributed by atoms with Gasteiger partial charge in [-0.2, -0.15) is 4.31 Å². The number of likely N-dealkylation sites (tertiary alicyclic amines) is 1. The number of sulfonamides is 1. The van der Waals surface area contributed by atoms with Crippen molar-refractivity contribution in [2.75, 3.05) is 39.3 Å². The Labute approximate surface area is 168 Å². The first-order valence-electron chi connectivity index (χ1n) is 10.3. The van der Waals surface area contributed by atoms with E-state index in [4.69, 9.17) is 0 Å². The van der Waals surface area contributed by atoms with E-state index in [2.05, 4.69) is 10.2 Å². The van der Waals surface area contributed by atoms with Crippen molar-refractivity contribution >= 4 is 22.0 Å². The Bertz CT molecular complexity index is 750. The molecule has 2 aliphatic rings. The molecule has 2 aliphatic heterocycles. The maximum absolute atomic E-state index is 12.5. The van der Waals surface area contributed by atoms with Crippen molar-refractivity contribution in [3.63, 3.8) is 0 Å². The van der Waals surface area contributed by atoms with Crippen LogP contribution in [0.4, 0.5) is 0 Å². The highest BCUT2D eigenvalue weighted by Gasteiger charge is 2.29. The lowest BCUT2D eigenvalue weighted by Crippen LogP contribution is -2.42. The molecule has 0 saturated carbocycles. The van der Waals surface area contributed by atoms with Crippen LogP contribution < -0.4 is 5.32 Å². The normalized spacial score (nSPS) is 20.0. The summed E-state index contributed by atoms with van der Waals surface area (Å²) in [7, 11) is -3.45. The summed E-state index contributed by atoms with van der Waals surface area (Å²) in [4.78, 5) is 14.8. The summed E-state index contributed by atoms with van der Waals surface area (Å²) in [5.74, 6) is -0.0189. The smallest absolute Gasteiger partial charge is 0.236 e. The van der Waals surface area contributed by atoms with E-state index in [9.17, 15) is 13.2 Å². The standard InChI is InChI=1S/C21H31N3O3S/c25-21(22-12-6-15-23-13-4-5-14-23)20-9-16-24(17-10-20)28(26,27)18-11-19-7-2-1-3-8-19/h1-3,7-8,11,18,20H,4-6,9-10,12-17H2,(H,22,25)/b18-11+. The molecule has 0 spiro atoms. The lowest BCUT2D eigenvalue weighted by Gasteiger charge is -2.29. The number of carbonyl (C=O) groups excluding carboxylic acids is 1. The molecular weight excluding hydrogens is 374 g/mol. The molecule has 1 N–H and O–H groups in total. The van der Waals surface area contributed by atoms with Gasteiger partial charge in [0.1, 0.15) is 0 Å². The predicted octanol–water partition coefficient (Wildman–Crippen LogP) is 2.30. The van der Waals surface area contributed by atoms with Crippen LogP contribution in [0.25, 0.3) is 6.08 Å². The van der Waals surface area contributed by atoms with Crippen LogP contribution in [0.15, 0.2) is 35.7 Å². The average molecular weight is 406 g/mol. The molecule has 0 aromatic heterocycles. The highest BCUT2D eigenvalue weighted by molar-refractivity contribution is 7.92. The van der Waals surface area contributed by atoms with E-state index in [0.29, 0.717) is 32.5 Å². The third-order valence-corrected chi connectivity index (χ3v) is 7.13. The second kappa shape index (κ2) is 10.2. The van der Waals surface area contributed by atoms with Crippen molar-refractivity contribution in [3.8, 4) is 0 Å². The van der Waals surface area contributed by atoms with Crippen LogP contribution in [0.2, 0.25) is 0 Å². The van der Waals surface area contributed by atoms with Crippen molar-refractivity contribution in [2.45, 2.75) is 32.1 Å². The average Bonchev–Trinajstić information content (AvgIpc) is 3.24.